The molecular weight excluding hydrogens is 262 g/mol. The van der Waals surface area contributed by atoms with Gasteiger partial charge in [0.2, 0.25) is 0 Å². The quantitative estimate of drug-likeness (QED) is 0.755. The van der Waals surface area contributed by atoms with Gasteiger partial charge in [-0.2, -0.15) is 0 Å². The predicted molar refractivity (Wildman–Crippen MR) is 71.3 cm³/mol. The van der Waals surface area contributed by atoms with Crippen LogP contribution in [0.5, 0.6) is 0 Å². The van der Waals surface area contributed by atoms with Gasteiger partial charge in [-0.25, -0.2) is 0 Å². The van der Waals surface area contributed by atoms with E-state index in [-0.39, 0.29) is 0 Å². The zero-order valence-corrected chi connectivity index (χ0v) is 10.4. The average molecular weight is 274 g/mol. The Hall–Kier alpha value is -1.28. The van der Waals surface area contributed by atoms with Crippen LogP contribution in [0.15, 0.2) is 53.0 Å². The highest BCUT2D eigenvalue weighted by molar-refractivity contribution is 9.10. The number of para-hydroxylation sites is 1. The molecule has 0 amide bonds. The summed E-state index contributed by atoms with van der Waals surface area (Å²) >= 11 is 3.54. The van der Waals surface area contributed by atoms with E-state index in [0.29, 0.717) is 0 Å². The van der Waals surface area contributed by atoms with Crippen molar-refractivity contribution in [3.05, 3.63) is 58.6 Å². The second-order valence-corrected chi connectivity index (χ2v) is 4.93. The van der Waals surface area contributed by atoms with E-state index < -0.39 is 0 Å². The summed E-state index contributed by atoms with van der Waals surface area (Å²) in [4.78, 5) is 2.38. The van der Waals surface area contributed by atoms with E-state index in [1.54, 1.807) is 0 Å². The molecule has 0 spiro atoms. The molecule has 1 heterocycles. The molecule has 0 aliphatic carbocycles. The first-order valence-corrected chi connectivity index (χ1v) is 6.25. The van der Waals surface area contributed by atoms with Gasteiger partial charge in [0.15, 0.2) is 0 Å². The molecule has 16 heavy (non-hydrogen) atoms. The fourth-order valence-corrected chi connectivity index (χ4v) is 2.58. The van der Waals surface area contributed by atoms with Crippen molar-refractivity contribution in [3.8, 4) is 0 Å². The van der Waals surface area contributed by atoms with E-state index in [2.05, 4.69) is 69.4 Å². The average Bonchev–Trinajstić information content (AvgIpc) is 2.73. The number of anilines is 2. The highest BCUT2D eigenvalue weighted by atomic mass is 79.9. The minimum atomic E-state index is 1.08. The Kier molecular flexibility index (Phi) is 2.44. The van der Waals surface area contributed by atoms with Gasteiger partial charge in [0.25, 0.3) is 0 Å². The highest BCUT2D eigenvalue weighted by Gasteiger charge is 2.19. The van der Waals surface area contributed by atoms with Crippen LogP contribution in [0, 0.1) is 0 Å². The Morgan fingerprint density at radius 1 is 1.00 bits per heavy atom. The van der Waals surface area contributed by atoms with E-state index in [1.807, 2.05) is 0 Å². The maximum absolute atomic E-state index is 3.54. The number of hydrogen-bond acceptors (Lipinski definition) is 1. The lowest BCUT2D eigenvalue weighted by Crippen LogP contribution is -2.12. The Bertz CT molecular complexity index is 507. The van der Waals surface area contributed by atoms with Gasteiger partial charge in [-0.3, -0.25) is 0 Å². The molecule has 0 saturated carbocycles. The van der Waals surface area contributed by atoms with Gasteiger partial charge < -0.3 is 4.90 Å². The maximum atomic E-state index is 3.54. The molecule has 1 aliphatic rings. The van der Waals surface area contributed by atoms with Crippen molar-refractivity contribution in [3.63, 3.8) is 0 Å². The van der Waals surface area contributed by atoms with E-state index in [0.717, 1.165) is 17.4 Å². The van der Waals surface area contributed by atoms with Crippen LogP contribution in [0.3, 0.4) is 0 Å². The second-order valence-electron chi connectivity index (χ2n) is 4.01. The molecule has 0 unspecified atom stereocenters. The SMILES string of the molecule is Brc1ccc2c(c1)N(c1ccccc1)CC2. The summed E-state index contributed by atoms with van der Waals surface area (Å²) in [6, 6.07) is 17.1. The minimum absolute atomic E-state index is 1.08. The fraction of sp³-hybridized carbons (Fsp3) is 0.143. The molecule has 3 rings (SSSR count). The first-order valence-electron chi connectivity index (χ1n) is 5.45. The van der Waals surface area contributed by atoms with Crippen molar-refractivity contribution < 1.29 is 0 Å². The van der Waals surface area contributed by atoms with E-state index in [9.17, 15) is 0 Å². The summed E-state index contributed by atoms with van der Waals surface area (Å²) in [5, 5.41) is 0. The second kappa shape index (κ2) is 3.95. The van der Waals surface area contributed by atoms with Crippen LogP contribution in [0.4, 0.5) is 11.4 Å². The number of benzene rings is 2. The zero-order valence-electron chi connectivity index (χ0n) is 8.86. The summed E-state index contributed by atoms with van der Waals surface area (Å²) < 4.78 is 1.15. The summed E-state index contributed by atoms with van der Waals surface area (Å²) in [6.07, 6.45) is 1.14. The molecule has 0 bridgehead atoms. The molecule has 0 saturated heterocycles. The molecule has 1 aliphatic heterocycles. The van der Waals surface area contributed by atoms with Crippen LogP contribution in [0.1, 0.15) is 5.56 Å². The molecule has 2 aromatic carbocycles. The van der Waals surface area contributed by atoms with Crippen LogP contribution < -0.4 is 4.90 Å². The first kappa shape index (κ1) is 9.91. The summed E-state index contributed by atoms with van der Waals surface area (Å²) in [5.74, 6) is 0. The monoisotopic (exact) mass is 273 g/mol. The Labute approximate surface area is 104 Å². The lowest BCUT2D eigenvalue weighted by molar-refractivity contribution is 0.998. The molecule has 2 heteroatoms. The highest BCUT2D eigenvalue weighted by Crippen LogP contribution is 2.35. The van der Waals surface area contributed by atoms with Crippen molar-refractivity contribution in [2.75, 3.05) is 11.4 Å². The van der Waals surface area contributed by atoms with Gasteiger partial charge in [-0.05, 0) is 36.2 Å². The molecule has 0 N–H and O–H groups in total. The Morgan fingerprint density at radius 3 is 2.62 bits per heavy atom. The molecule has 0 radical (unpaired) electrons. The van der Waals surface area contributed by atoms with Gasteiger partial charge in [0.05, 0.1) is 0 Å². The zero-order chi connectivity index (χ0) is 11.0. The van der Waals surface area contributed by atoms with E-state index in [4.69, 9.17) is 0 Å². The topological polar surface area (TPSA) is 3.24 Å². The number of nitrogens with zero attached hydrogens (tertiary/aromatic N) is 1. The molecular formula is C14H12BrN. The summed E-state index contributed by atoms with van der Waals surface area (Å²) in [5.41, 5.74) is 4.05. The third-order valence-corrected chi connectivity index (χ3v) is 3.50. The van der Waals surface area contributed by atoms with Crippen molar-refractivity contribution >= 4 is 27.3 Å². The van der Waals surface area contributed by atoms with Crippen molar-refractivity contribution in [1.29, 1.82) is 0 Å². The van der Waals surface area contributed by atoms with E-state index in [1.165, 1.54) is 16.9 Å². The van der Waals surface area contributed by atoms with Gasteiger partial charge in [0.1, 0.15) is 0 Å². The largest absolute Gasteiger partial charge is 0.341 e. The number of rotatable bonds is 1. The van der Waals surface area contributed by atoms with Crippen LogP contribution in [0.25, 0.3) is 0 Å². The van der Waals surface area contributed by atoms with Crippen LogP contribution in [-0.2, 0) is 6.42 Å². The molecule has 0 fully saturated rings. The summed E-state index contributed by atoms with van der Waals surface area (Å²) in [7, 11) is 0. The van der Waals surface area contributed by atoms with Crippen LogP contribution in [-0.4, -0.2) is 6.54 Å². The van der Waals surface area contributed by atoms with Gasteiger partial charge in [-0.1, -0.05) is 40.2 Å². The molecule has 0 aromatic heterocycles. The third kappa shape index (κ3) is 1.63. The van der Waals surface area contributed by atoms with Crippen molar-refractivity contribution in [1.82, 2.24) is 0 Å². The molecule has 0 atom stereocenters. The Morgan fingerprint density at radius 2 is 1.81 bits per heavy atom. The smallest absolute Gasteiger partial charge is 0.0455 e. The van der Waals surface area contributed by atoms with E-state index >= 15 is 0 Å². The maximum Gasteiger partial charge on any atom is 0.0455 e. The van der Waals surface area contributed by atoms with Crippen molar-refractivity contribution in [2.24, 2.45) is 0 Å². The standard InChI is InChI=1S/C14H12BrN/c15-12-7-6-11-8-9-16(14(11)10-12)13-4-2-1-3-5-13/h1-7,10H,8-9H2. The fourth-order valence-electron chi connectivity index (χ4n) is 2.23. The van der Waals surface area contributed by atoms with Gasteiger partial charge in [-0.15, -0.1) is 0 Å². The lowest BCUT2D eigenvalue weighted by Gasteiger charge is -2.19. The number of fused-ring (bicyclic) bond motifs is 1. The lowest BCUT2D eigenvalue weighted by atomic mass is 10.2. The number of hydrogen-bond donors (Lipinski definition) is 0. The minimum Gasteiger partial charge on any atom is -0.341 e. The van der Waals surface area contributed by atoms with Crippen LogP contribution >= 0.6 is 15.9 Å². The number of halogens is 1. The summed E-state index contributed by atoms with van der Waals surface area (Å²) in [6.45, 7) is 1.08. The predicted octanol–water partition coefficient (Wildman–Crippen LogP) is 4.14. The van der Waals surface area contributed by atoms with Crippen LogP contribution in [0.2, 0.25) is 0 Å². The Balaban J connectivity index is 2.06. The van der Waals surface area contributed by atoms with Crippen molar-refractivity contribution in [2.45, 2.75) is 6.42 Å². The van der Waals surface area contributed by atoms with Gasteiger partial charge in [0, 0.05) is 22.4 Å². The normalized spacial score (nSPS) is 13.9. The third-order valence-electron chi connectivity index (χ3n) is 3.01. The molecule has 80 valence electrons. The van der Waals surface area contributed by atoms with Gasteiger partial charge >= 0.3 is 0 Å². The molecule has 1 nitrogen and oxygen atoms in total. The molecule has 2 aromatic rings. The first-order chi connectivity index (χ1) is 7.84.